The van der Waals surface area contributed by atoms with Crippen molar-refractivity contribution >= 4 is 0 Å². The summed E-state index contributed by atoms with van der Waals surface area (Å²) in [5, 5.41) is 0. The highest BCUT2D eigenvalue weighted by Crippen LogP contribution is 2.28. The summed E-state index contributed by atoms with van der Waals surface area (Å²) in [5.74, 6) is 3.30. The fourth-order valence-electron chi connectivity index (χ4n) is 2.82. The number of aromatic nitrogens is 1. The zero-order valence-electron chi connectivity index (χ0n) is 12.2. The molecule has 1 atom stereocenters. The molecule has 3 rings (SSSR count). The van der Waals surface area contributed by atoms with Gasteiger partial charge in [0.1, 0.15) is 11.5 Å². The molecule has 3 heterocycles. The number of hydrogen-bond acceptors (Lipinski definition) is 3. The van der Waals surface area contributed by atoms with Gasteiger partial charge in [-0.3, -0.25) is 4.98 Å². The van der Waals surface area contributed by atoms with Crippen LogP contribution in [0.2, 0.25) is 0 Å². The lowest BCUT2D eigenvalue weighted by Crippen LogP contribution is -2.45. The Morgan fingerprint density at radius 2 is 2.20 bits per heavy atom. The highest BCUT2D eigenvalue weighted by atomic mass is 16.3. The number of aryl methyl sites for hydroxylation is 1. The third-order valence-electron chi connectivity index (χ3n) is 4.24. The van der Waals surface area contributed by atoms with E-state index in [1.165, 1.54) is 5.56 Å². The first kappa shape index (κ1) is 13.4. The second kappa shape index (κ2) is 5.80. The van der Waals surface area contributed by atoms with E-state index in [1.807, 2.05) is 31.5 Å². The average molecular weight is 270 g/mol. The van der Waals surface area contributed by atoms with Crippen molar-refractivity contribution in [2.24, 2.45) is 0 Å². The molecular weight excluding hydrogens is 248 g/mol. The minimum absolute atomic E-state index is 0.501. The SMILES string of the molecule is Cc1ccc([C@H](C)CCN2CC(c3cccnc3)C2)o1. The summed E-state index contributed by atoms with van der Waals surface area (Å²) in [6, 6.07) is 8.37. The third kappa shape index (κ3) is 2.93. The van der Waals surface area contributed by atoms with Gasteiger partial charge in [0.05, 0.1) is 0 Å². The molecule has 20 heavy (non-hydrogen) atoms. The van der Waals surface area contributed by atoms with Crippen LogP contribution in [0, 0.1) is 6.92 Å². The van der Waals surface area contributed by atoms with Crippen molar-refractivity contribution in [2.75, 3.05) is 19.6 Å². The van der Waals surface area contributed by atoms with Gasteiger partial charge in [-0.1, -0.05) is 13.0 Å². The van der Waals surface area contributed by atoms with Crippen LogP contribution in [0.15, 0.2) is 41.1 Å². The van der Waals surface area contributed by atoms with Crippen LogP contribution >= 0.6 is 0 Å². The summed E-state index contributed by atoms with van der Waals surface area (Å²) in [5.41, 5.74) is 1.37. The Kier molecular flexibility index (Phi) is 3.88. The lowest BCUT2D eigenvalue weighted by Gasteiger charge is -2.39. The molecule has 1 aliphatic heterocycles. The van der Waals surface area contributed by atoms with Crippen LogP contribution < -0.4 is 0 Å². The standard InChI is InChI=1S/C17H22N2O/c1-13(17-6-5-14(2)20-17)7-9-19-11-16(12-19)15-4-3-8-18-10-15/h3-6,8,10,13,16H,7,9,11-12H2,1-2H3/t13-/m1/s1. The first-order chi connectivity index (χ1) is 9.72. The van der Waals surface area contributed by atoms with Gasteiger partial charge in [0.2, 0.25) is 0 Å². The van der Waals surface area contributed by atoms with E-state index in [2.05, 4.69) is 28.9 Å². The first-order valence-corrected chi connectivity index (χ1v) is 7.41. The smallest absolute Gasteiger partial charge is 0.107 e. The monoisotopic (exact) mass is 270 g/mol. The van der Waals surface area contributed by atoms with Gasteiger partial charge in [-0.2, -0.15) is 0 Å². The maximum atomic E-state index is 5.69. The van der Waals surface area contributed by atoms with Gasteiger partial charge in [-0.15, -0.1) is 0 Å². The Balaban J connectivity index is 1.43. The van der Waals surface area contributed by atoms with E-state index in [-0.39, 0.29) is 0 Å². The summed E-state index contributed by atoms with van der Waals surface area (Å²) in [6.45, 7) is 7.73. The summed E-state index contributed by atoms with van der Waals surface area (Å²) in [6.07, 6.45) is 5.00. The molecule has 2 aromatic rings. The molecule has 0 amide bonds. The van der Waals surface area contributed by atoms with Crippen molar-refractivity contribution in [3.63, 3.8) is 0 Å². The molecule has 0 aromatic carbocycles. The molecule has 0 spiro atoms. The van der Waals surface area contributed by atoms with E-state index in [4.69, 9.17) is 4.42 Å². The predicted molar refractivity (Wildman–Crippen MR) is 79.9 cm³/mol. The van der Waals surface area contributed by atoms with Gasteiger partial charge in [0, 0.05) is 37.3 Å². The molecule has 0 unspecified atom stereocenters. The highest BCUT2D eigenvalue weighted by molar-refractivity contribution is 5.18. The van der Waals surface area contributed by atoms with Crippen LogP contribution in [0.1, 0.15) is 42.3 Å². The van der Waals surface area contributed by atoms with Crippen molar-refractivity contribution in [3.8, 4) is 0 Å². The molecule has 2 aromatic heterocycles. The molecule has 0 aliphatic carbocycles. The Morgan fingerprint density at radius 3 is 2.85 bits per heavy atom. The maximum Gasteiger partial charge on any atom is 0.107 e. The lowest BCUT2D eigenvalue weighted by atomic mass is 9.92. The first-order valence-electron chi connectivity index (χ1n) is 7.41. The number of likely N-dealkylation sites (tertiary alicyclic amines) is 1. The summed E-state index contributed by atoms with van der Waals surface area (Å²) in [7, 11) is 0. The minimum Gasteiger partial charge on any atom is -0.466 e. The molecule has 0 bridgehead atoms. The molecule has 0 radical (unpaired) electrons. The normalized spacial score (nSPS) is 17.9. The second-order valence-electron chi connectivity index (χ2n) is 5.88. The van der Waals surface area contributed by atoms with Crippen molar-refractivity contribution in [2.45, 2.75) is 32.1 Å². The average Bonchev–Trinajstić information content (AvgIpc) is 2.85. The molecule has 1 aliphatic rings. The van der Waals surface area contributed by atoms with E-state index in [0.717, 1.165) is 37.6 Å². The maximum absolute atomic E-state index is 5.69. The van der Waals surface area contributed by atoms with E-state index in [1.54, 1.807) is 0 Å². The molecular formula is C17H22N2O. The number of pyridine rings is 1. The minimum atomic E-state index is 0.501. The largest absolute Gasteiger partial charge is 0.466 e. The van der Waals surface area contributed by atoms with Crippen LogP contribution in [-0.2, 0) is 0 Å². The van der Waals surface area contributed by atoms with Crippen LogP contribution in [-0.4, -0.2) is 29.5 Å². The van der Waals surface area contributed by atoms with Crippen LogP contribution in [0.4, 0.5) is 0 Å². The quantitative estimate of drug-likeness (QED) is 0.831. The molecule has 1 saturated heterocycles. The fourth-order valence-corrected chi connectivity index (χ4v) is 2.82. The fraction of sp³-hybridized carbons (Fsp3) is 0.471. The summed E-state index contributed by atoms with van der Waals surface area (Å²) in [4.78, 5) is 6.72. The molecule has 3 heteroatoms. The summed E-state index contributed by atoms with van der Waals surface area (Å²) >= 11 is 0. The molecule has 3 nitrogen and oxygen atoms in total. The zero-order chi connectivity index (χ0) is 13.9. The molecule has 106 valence electrons. The molecule has 0 N–H and O–H groups in total. The van der Waals surface area contributed by atoms with Gasteiger partial charge in [-0.25, -0.2) is 0 Å². The number of rotatable bonds is 5. The topological polar surface area (TPSA) is 29.3 Å². The van der Waals surface area contributed by atoms with Crippen LogP contribution in [0.25, 0.3) is 0 Å². The Bertz CT molecular complexity index is 543. The second-order valence-corrected chi connectivity index (χ2v) is 5.88. The van der Waals surface area contributed by atoms with Crippen molar-refractivity contribution in [1.29, 1.82) is 0 Å². The number of furan rings is 1. The van der Waals surface area contributed by atoms with Gasteiger partial charge < -0.3 is 9.32 Å². The third-order valence-corrected chi connectivity index (χ3v) is 4.24. The van der Waals surface area contributed by atoms with Gasteiger partial charge in [0.15, 0.2) is 0 Å². The zero-order valence-corrected chi connectivity index (χ0v) is 12.2. The van der Waals surface area contributed by atoms with E-state index in [9.17, 15) is 0 Å². The van der Waals surface area contributed by atoms with Crippen molar-refractivity contribution < 1.29 is 4.42 Å². The van der Waals surface area contributed by atoms with Crippen molar-refractivity contribution in [1.82, 2.24) is 9.88 Å². The Hall–Kier alpha value is -1.61. The van der Waals surface area contributed by atoms with E-state index in [0.29, 0.717) is 11.8 Å². The highest BCUT2D eigenvalue weighted by Gasteiger charge is 2.28. The predicted octanol–water partition coefficient (Wildman–Crippen LogP) is 3.58. The van der Waals surface area contributed by atoms with Gasteiger partial charge >= 0.3 is 0 Å². The van der Waals surface area contributed by atoms with Crippen molar-refractivity contribution in [3.05, 3.63) is 53.7 Å². The van der Waals surface area contributed by atoms with Crippen LogP contribution in [0.5, 0.6) is 0 Å². The van der Waals surface area contributed by atoms with Gasteiger partial charge in [0.25, 0.3) is 0 Å². The Labute approximate surface area is 120 Å². The lowest BCUT2D eigenvalue weighted by molar-refractivity contribution is 0.142. The summed E-state index contributed by atoms with van der Waals surface area (Å²) < 4.78 is 5.69. The number of nitrogens with zero attached hydrogens (tertiary/aromatic N) is 2. The van der Waals surface area contributed by atoms with Gasteiger partial charge in [-0.05, 0) is 43.7 Å². The van der Waals surface area contributed by atoms with E-state index < -0.39 is 0 Å². The van der Waals surface area contributed by atoms with Crippen LogP contribution in [0.3, 0.4) is 0 Å². The van der Waals surface area contributed by atoms with E-state index >= 15 is 0 Å². The molecule has 1 fully saturated rings. The number of hydrogen-bond donors (Lipinski definition) is 0. The Morgan fingerprint density at radius 1 is 1.35 bits per heavy atom. The molecule has 0 saturated carbocycles.